The van der Waals surface area contributed by atoms with Crippen molar-refractivity contribution >= 4 is 28.6 Å². The number of anilines is 1. The van der Waals surface area contributed by atoms with Crippen LogP contribution in [0, 0.1) is 13.8 Å². The van der Waals surface area contributed by atoms with Gasteiger partial charge in [0.1, 0.15) is 10.5 Å². The fourth-order valence-electron chi connectivity index (χ4n) is 2.80. The van der Waals surface area contributed by atoms with Crippen molar-refractivity contribution in [3.8, 4) is 11.3 Å². The van der Waals surface area contributed by atoms with Crippen LogP contribution in [0.1, 0.15) is 20.9 Å². The lowest BCUT2D eigenvalue weighted by Gasteiger charge is -2.08. The molecule has 3 heterocycles. The number of fused-ring (bicyclic) bond motifs is 1. The normalized spacial score (nSPS) is 11.0. The van der Waals surface area contributed by atoms with E-state index in [0.29, 0.717) is 4.88 Å². The maximum Gasteiger partial charge on any atom is 0.267 e. The van der Waals surface area contributed by atoms with Crippen LogP contribution in [0.25, 0.3) is 16.9 Å². The first-order chi connectivity index (χ1) is 12.1. The number of amides is 1. The smallest absolute Gasteiger partial charge is 0.267 e. The van der Waals surface area contributed by atoms with E-state index in [0.717, 1.165) is 33.8 Å². The Balaban J connectivity index is 1.74. The Morgan fingerprint density at radius 1 is 1.16 bits per heavy atom. The summed E-state index contributed by atoms with van der Waals surface area (Å²) in [6.07, 6.45) is 3.95. The van der Waals surface area contributed by atoms with Crippen molar-refractivity contribution in [2.45, 2.75) is 13.8 Å². The Bertz CT molecular complexity index is 1080. The monoisotopic (exact) mass is 348 g/mol. The maximum absolute atomic E-state index is 12.5. The number of carbonyl (C=O) groups is 1. The Labute approximate surface area is 149 Å². The molecule has 1 N–H and O–H groups in total. The molecule has 0 atom stereocenters. The van der Waals surface area contributed by atoms with Crippen molar-refractivity contribution in [1.29, 1.82) is 0 Å². The van der Waals surface area contributed by atoms with E-state index in [9.17, 15) is 4.79 Å². The average Bonchev–Trinajstić information content (AvgIpc) is 3.22. The number of benzene rings is 1. The molecule has 4 rings (SSSR count). The van der Waals surface area contributed by atoms with Crippen molar-refractivity contribution < 1.29 is 4.79 Å². The predicted octanol–water partition coefficient (Wildman–Crippen LogP) is 4.33. The second kappa shape index (κ2) is 6.14. The van der Waals surface area contributed by atoms with Crippen LogP contribution in [0.4, 0.5) is 5.69 Å². The number of para-hydroxylation sites is 1. The third-order valence-electron chi connectivity index (χ3n) is 4.08. The van der Waals surface area contributed by atoms with E-state index >= 15 is 0 Å². The van der Waals surface area contributed by atoms with Crippen LogP contribution in [0.2, 0.25) is 0 Å². The van der Waals surface area contributed by atoms with E-state index in [-0.39, 0.29) is 5.91 Å². The molecule has 3 aromatic heterocycles. The molecule has 0 aliphatic carbocycles. The summed E-state index contributed by atoms with van der Waals surface area (Å²) in [6.45, 7) is 3.87. The fourth-order valence-corrected chi connectivity index (χ4v) is 3.50. The van der Waals surface area contributed by atoms with E-state index in [4.69, 9.17) is 4.98 Å². The predicted molar refractivity (Wildman–Crippen MR) is 100 cm³/mol. The van der Waals surface area contributed by atoms with Crippen LogP contribution in [0.5, 0.6) is 0 Å². The van der Waals surface area contributed by atoms with Crippen molar-refractivity contribution in [2.24, 2.45) is 0 Å². The van der Waals surface area contributed by atoms with Gasteiger partial charge in [-0.25, -0.2) is 9.97 Å². The van der Waals surface area contributed by atoms with Crippen molar-refractivity contribution in [3.63, 3.8) is 0 Å². The molecule has 25 heavy (non-hydrogen) atoms. The number of thiazole rings is 1. The number of nitrogens with one attached hydrogen (secondary N) is 1. The van der Waals surface area contributed by atoms with Crippen LogP contribution in [-0.4, -0.2) is 20.3 Å². The SMILES string of the molecule is Cc1ncsc1C(=O)Nc1ccccc1-c1cn2cccc(C)c2n1. The lowest BCUT2D eigenvalue weighted by molar-refractivity contribution is 0.103. The van der Waals surface area contributed by atoms with E-state index in [1.165, 1.54) is 11.3 Å². The number of nitrogens with zero attached hydrogens (tertiary/aromatic N) is 3. The molecule has 0 radical (unpaired) electrons. The van der Waals surface area contributed by atoms with E-state index in [1.54, 1.807) is 5.51 Å². The van der Waals surface area contributed by atoms with Gasteiger partial charge in [0, 0.05) is 18.0 Å². The molecule has 0 unspecified atom stereocenters. The largest absolute Gasteiger partial charge is 0.321 e. The quantitative estimate of drug-likeness (QED) is 0.599. The highest BCUT2D eigenvalue weighted by atomic mass is 32.1. The second-order valence-electron chi connectivity index (χ2n) is 5.81. The second-order valence-corrected chi connectivity index (χ2v) is 6.67. The standard InChI is InChI=1S/C19H16N4OS/c1-12-6-5-9-23-10-16(21-18(12)23)14-7-3-4-8-15(14)22-19(24)17-13(2)20-11-25-17/h3-11H,1-2H3,(H,22,24). The summed E-state index contributed by atoms with van der Waals surface area (Å²) >= 11 is 1.34. The number of hydrogen-bond acceptors (Lipinski definition) is 4. The third kappa shape index (κ3) is 2.81. The molecule has 124 valence electrons. The van der Waals surface area contributed by atoms with E-state index < -0.39 is 0 Å². The Morgan fingerprint density at radius 2 is 2.00 bits per heavy atom. The molecule has 5 nitrogen and oxygen atoms in total. The Kier molecular flexibility index (Phi) is 3.82. The Morgan fingerprint density at radius 3 is 2.76 bits per heavy atom. The van der Waals surface area contributed by atoms with Gasteiger partial charge in [-0.05, 0) is 31.5 Å². The van der Waals surface area contributed by atoms with Gasteiger partial charge in [0.25, 0.3) is 5.91 Å². The van der Waals surface area contributed by atoms with E-state index in [1.807, 2.05) is 67.0 Å². The number of hydrogen-bond donors (Lipinski definition) is 1. The average molecular weight is 348 g/mol. The molecule has 4 aromatic rings. The molecular weight excluding hydrogens is 332 g/mol. The van der Waals surface area contributed by atoms with Crippen LogP contribution in [0.3, 0.4) is 0 Å². The minimum Gasteiger partial charge on any atom is -0.321 e. The molecule has 0 aliphatic heterocycles. The van der Waals surface area contributed by atoms with Crippen molar-refractivity contribution in [2.75, 3.05) is 5.32 Å². The molecule has 0 aliphatic rings. The van der Waals surface area contributed by atoms with Gasteiger partial charge < -0.3 is 9.72 Å². The zero-order valence-corrected chi connectivity index (χ0v) is 14.7. The van der Waals surface area contributed by atoms with Gasteiger partial charge >= 0.3 is 0 Å². The number of imidazole rings is 1. The van der Waals surface area contributed by atoms with Gasteiger partial charge in [-0.1, -0.05) is 24.3 Å². The van der Waals surface area contributed by atoms with Crippen LogP contribution in [0.15, 0.2) is 54.3 Å². The third-order valence-corrected chi connectivity index (χ3v) is 5.01. The molecule has 0 fully saturated rings. The van der Waals surface area contributed by atoms with Gasteiger partial charge in [-0.2, -0.15) is 0 Å². The molecule has 0 bridgehead atoms. The van der Waals surface area contributed by atoms with Crippen molar-refractivity contribution in [1.82, 2.24) is 14.4 Å². The summed E-state index contributed by atoms with van der Waals surface area (Å²) in [5.41, 5.74) is 6.89. The van der Waals surface area contributed by atoms with Gasteiger partial charge in [0.15, 0.2) is 0 Å². The Hall–Kier alpha value is -2.99. The van der Waals surface area contributed by atoms with Crippen LogP contribution < -0.4 is 5.32 Å². The first kappa shape index (κ1) is 15.5. The van der Waals surface area contributed by atoms with Gasteiger partial charge in [-0.15, -0.1) is 11.3 Å². The summed E-state index contributed by atoms with van der Waals surface area (Å²) in [7, 11) is 0. The van der Waals surface area contributed by atoms with Crippen molar-refractivity contribution in [3.05, 3.63) is 70.4 Å². The minimum absolute atomic E-state index is 0.146. The van der Waals surface area contributed by atoms with Gasteiger partial charge in [0.2, 0.25) is 0 Å². The molecule has 6 heteroatoms. The number of aromatic nitrogens is 3. The summed E-state index contributed by atoms with van der Waals surface area (Å²) < 4.78 is 2.00. The highest BCUT2D eigenvalue weighted by Gasteiger charge is 2.15. The summed E-state index contributed by atoms with van der Waals surface area (Å²) in [6, 6.07) is 11.7. The highest BCUT2D eigenvalue weighted by molar-refractivity contribution is 7.12. The highest BCUT2D eigenvalue weighted by Crippen LogP contribution is 2.29. The zero-order chi connectivity index (χ0) is 17.4. The molecule has 0 saturated heterocycles. The lowest BCUT2D eigenvalue weighted by atomic mass is 10.1. The summed E-state index contributed by atoms with van der Waals surface area (Å²) in [5.74, 6) is -0.146. The van der Waals surface area contributed by atoms with E-state index in [2.05, 4.69) is 10.3 Å². The van der Waals surface area contributed by atoms with Gasteiger partial charge in [-0.3, -0.25) is 4.79 Å². The molecule has 1 aromatic carbocycles. The number of pyridine rings is 1. The number of carbonyl (C=O) groups excluding carboxylic acids is 1. The topological polar surface area (TPSA) is 59.3 Å². The molecule has 0 spiro atoms. The number of rotatable bonds is 3. The van der Waals surface area contributed by atoms with Crippen LogP contribution >= 0.6 is 11.3 Å². The zero-order valence-electron chi connectivity index (χ0n) is 13.9. The molecular formula is C19H16N4OS. The van der Waals surface area contributed by atoms with Crippen LogP contribution in [-0.2, 0) is 0 Å². The minimum atomic E-state index is -0.146. The summed E-state index contributed by atoms with van der Waals surface area (Å²) in [5, 5.41) is 2.99. The number of aryl methyl sites for hydroxylation is 2. The maximum atomic E-state index is 12.5. The fraction of sp³-hybridized carbons (Fsp3) is 0.105. The first-order valence-corrected chi connectivity index (χ1v) is 8.76. The summed E-state index contributed by atoms with van der Waals surface area (Å²) in [4.78, 5) is 22.0. The first-order valence-electron chi connectivity index (χ1n) is 7.88. The molecule has 1 amide bonds. The molecule has 0 saturated carbocycles. The van der Waals surface area contributed by atoms with Gasteiger partial charge in [0.05, 0.1) is 22.6 Å². The lowest BCUT2D eigenvalue weighted by Crippen LogP contribution is -2.12.